The van der Waals surface area contributed by atoms with Gasteiger partial charge in [-0.05, 0) is 30.3 Å². The summed E-state index contributed by atoms with van der Waals surface area (Å²) in [6, 6.07) is 8.87. The van der Waals surface area contributed by atoms with Gasteiger partial charge >= 0.3 is 12.4 Å². The van der Waals surface area contributed by atoms with Crippen LogP contribution in [0.1, 0.15) is 20.7 Å². The van der Waals surface area contributed by atoms with Crippen LogP contribution in [0.2, 0.25) is 0 Å². The van der Waals surface area contributed by atoms with E-state index in [4.69, 9.17) is 0 Å². The number of rotatable bonds is 7. The molecule has 0 unspecified atom stereocenters. The van der Waals surface area contributed by atoms with E-state index in [1.165, 1.54) is 12.1 Å². The number of hydrogen-bond acceptors (Lipinski definition) is 4. The number of sulfonamides is 1. The van der Waals surface area contributed by atoms with Crippen LogP contribution in [0, 0.1) is 0 Å². The summed E-state index contributed by atoms with van der Waals surface area (Å²) in [4.78, 5) is 23.4. The molecule has 3 N–H and O–H groups in total. The lowest BCUT2D eigenvalue weighted by Crippen LogP contribution is -2.34. The number of halogens is 6. The van der Waals surface area contributed by atoms with E-state index in [1.807, 2.05) is 4.72 Å². The predicted octanol–water partition coefficient (Wildman–Crippen LogP) is 3.07. The average molecular weight is 483 g/mol. The first kappa shape index (κ1) is 25.0. The number of carbonyl (C=O) groups excluding carboxylic acids is 2. The van der Waals surface area contributed by atoms with E-state index >= 15 is 0 Å². The van der Waals surface area contributed by atoms with Gasteiger partial charge in [-0.1, -0.05) is 18.2 Å². The first-order chi connectivity index (χ1) is 14.7. The third-order valence-electron chi connectivity index (χ3n) is 3.72. The Morgan fingerprint density at radius 2 is 1.34 bits per heavy atom. The lowest BCUT2D eigenvalue weighted by Gasteiger charge is -2.14. The van der Waals surface area contributed by atoms with E-state index in [0.29, 0.717) is 0 Å². The van der Waals surface area contributed by atoms with E-state index < -0.39 is 57.7 Å². The Morgan fingerprint density at radius 1 is 0.781 bits per heavy atom. The fourth-order valence-electron chi connectivity index (χ4n) is 2.34. The Kier molecular flexibility index (Phi) is 7.38. The maximum absolute atomic E-state index is 12.7. The molecular weight excluding hydrogens is 468 g/mol. The Balaban J connectivity index is 2.24. The van der Waals surface area contributed by atoms with Crippen LogP contribution >= 0.6 is 0 Å². The molecule has 0 saturated carbocycles. The van der Waals surface area contributed by atoms with Gasteiger partial charge in [0, 0.05) is 5.56 Å². The Morgan fingerprint density at radius 3 is 1.94 bits per heavy atom. The fourth-order valence-corrected chi connectivity index (χ4v) is 3.46. The van der Waals surface area contributed by atoms with Crippen LogP contribution in [-0.2, 0) is 10.0 Å². The molecular formula is C18H15F6N3O4S. The largest absolute Gasteiger partial charge is 0.405 e. The summed E-state index contributed by atoms with van der Waals surface area (Å²) >= 11 is 0. The number of benzene rings is 2. The van der Waals surface area contributed by atoms with E-state index in [0.717, 1.165) is 36.4 Å². The summed E-state index contributed by atoms with van der Waals surface area (Å²) in [6.07, 6.45) is -9.35. The molecule has 0 aliphatic rings. The third-order valence-corrected chi connectivity index (χ3v) is 5.08. The summed E-state index contributed by atoms with van der Waals surface area (Å²) in [6.45, 7) is -3.26. The maximum Gasteiger partial charge on any atom is 0.405 e. The van der Waals surface area contributed by atoms with Crippen LogP contribution in [0.15, 0.2) is 53.4 Å². The van der Waals surface area contributed by atoms with Gasteiger partial charge in [-0.3, -0.25) is 14.3 Å². The highest BCUT2D eigenvalue weighted by Gasteiger charge is 2.29. The van der Waals surface area contributed by atoms with Crippen molar-refractivity contribution in [1.82, 2.24) is 10.6 Å². The topological polar surface area (TPSA) is 104 Å². The number of para-hydroxylation sites is 1. The first-order valence-electron chi connectivity index (χ1n) is 8.60. The summed E-state index contributed by atoms with van der Waals surface area (Å²) in [5, 5.41) is 3.20. The Hall–Kier alpha value is -3.29. The molecule has 32 heavy (non-hydrogen) atoms. The predicted molar refractivity (Wildman–Crippen MR) is 100 cm³/mol. The Bertz CT molecular complexity index is 1100. The third kappa shape index (κ3) is 7.44. The maximum atomic E-state index is 12.7. The minimum Gasteiger partial charge on any atom is -0.343 e. The zero-order valence-electron chi connectivity index (χ0n) is 15.8. The van der Waals surface area contributed by atoms with E-state index in [9.17, 15) is 44.3 Å². The minimum absolute atomic E-state index is 0.348. The van der Waals surface area contributed by atoms with Crippen molar-refractivity contribution in [2.24, 2.45) is 0 Å². The van der Waals surface area contributed by atoms with Gasteiger partial charge in [-0.15, -0.1) is 0 Å². The molecule has 0 saturated heterocycles. The van der Waals surface area contributed by atoms with Crippen molar-refractivity contribution >= 4 is 27.5 Å². The second-order valence-corrected chi connectivity index (χ2v) is 7.96. The highest BCUT2D eigenvalue weighted by atomic mass is 32.2. The smallest absolute Gasteiger partial charge is 0.343 e. The molecule has 0 radical (unpaired) electrons. The number of anilines is 1. The molecule has 0 aliphatic heterocycles. The second kappa shape index (κ2) is 9.46. The highest BCUT2D eigenvalue weighted by Crippen LogP contribution is 2.22. The normalized spacial score (nSPS) is 12.2. The minimum atomic E-state index is -4.68. The highest BCUT2D eigenvalue weighted by molar-refractivity contribution is 7.92. The lowest BCUT2D eigenvalue weighted by atomic mass is 10.1. The van der Waals surface area contributed by atoms with Crippen molar-refractivity contribution in [3.05, 3.63) is 59.7 Å². The summed E-state index contributed by atoms with van der Waals surface area (Å²) in [7, 11) is -4.47. The van der Waals surface area contributed by atoms with Crippen molar-refractivity contribution in [3.63, 3.8) is 0 Å². The summed E-state index contributed by atoms with van der Waals surface area (Å²) in [5.41, 5.74) is -1.13. The van der Waals surface area contributed by atoms with Crippen molar-refractivity contribution in [3.8, 4) is 0 Å². The van der Waals surface area contributed by atoms with Gasteiger partial charge in [0.1, 0.15) is 13.1 Å². The van der Waals surface area contributed by atoms with Crippen LogP contribution in [0.5, 0.6) is 0 Å². The van der Waals surface area contributed by atoms with Crippen LogP contribution < -0.4 is 15.4 Å². The van der Waals surface area contributed by atoms with Crippen LogP contribution in [0.25, 0.3) is 0 Å². The molecule has 0 fully saturated rings. The van der Waals surface area contributed by atoms with Crippen LogP contribution in [-0.4, -0.2) is 45.7 Å². The van der Waals surface area contributed by atoms with Gasteiger partial charge in [-0.2, -0.15) is 26.3 Å². The van der Waals surface area contributed by atoms with Crippen LogP contribution in [0.4, 0.5) is 32.0 Å². The molecule has 174 valence electrons. The lowest BCUT2D eigenvalue weighted by molar-refractivity contribution is -0.123. The van der Waals surface area contributed by atoms with Crippen molar-refractivity contribution in [2.45, 2.75) is 17.2 Å². The first-order valence-corrected chi connectivity index (χ1v) is 10.1. The summed E-state index contributed by atoms with van der Waals surface area (Å²) < 4.78 is 101. The molecule has 0 bridgehead atoms. The quantitative estimate of drug-likeness (QED) is 0.527. The van der Waals surface area contributed by atoms with Crippen molar-refractivity contribution in [1.29, 1.82) is 0 Å². The van der Waals surface area contributed by atoms with Gasteiger partial charge in [-0.25, -0.2) is 8.42 Å². The molecule has 0 spiro atoms. The molecule has 0 atom stereocenters. The monoisotopic (exact) mass is 483 g/mol. The molecule has 0 heterocycles. The van der Waals surface area contributed by atoms with Gasteiger partial charge in [0.15, 0.2) is 0 Å². The molecule has 2 aromatic carbocycles. The molecule has 2 amide bonds. The SMILES string of the molecule is O=C(NCC(F)(F)F)c1cccc(S(=O)(=O)Nc2ccccc2C(=O)NCC(F)(F)F)c1. The van der Waals surface area contributed by atoms with Gasteiger partial charge in [0.2, 0.25) is 0 Å². The Labute approximate surface area is 177 Å². The standard InChI is InChI=1S/C18H15F6N3O4S/c19-17(20,21)9-25-15(28)11-4-3-5-12(8-11)32(30,31)27-14-7-2-1-6-13(14)16(29)26-10-18(22,23)24/h1-8,27H,9-10H2,(H,25,28)(H,26,29). The molecule has 14 heteroatoms. The number of hydrogen-bond donors (Lipinski definition) is 3. The number of carbonyl (C=O) groups is 2. The van der Waals surface area contributed by atoms with Crippen LogP contribution in [0.3, 0.4) is 0 Å². The molecule has 2 rings (SSSR count). The van der Waals surface area contributed by atoms with Crippen molar-refractivity contribution in [2.75, 3.05) is 17.8 Å². The number of amides is 2. The van der Waals surface area contributed by atoms with Gasteiger partial charge < -0.3 is 10.6 Å². The zero-order valence-corrected chi connectivity index (χ0v) is 16.7. The number of alkyl halides is 6. The summed E-state index contributed by atoms with van der Waals surface area (Å²) in [5.74, 6) is -2.37. The van der Waals surface area contributed by atoms with E-state index in [2.05, 4.69) is 0 Å². The number of nitrogens with one attached hydrogen (secondary N) is 3. The molecule has 7 nitrogen and oxygen atoms in total. The molecule has 2 aromatic rings. The van der Waals surface area contributed by atoms with Gasteiger partial charge in [0.25, 0.3) is 21.8 Å². The average Bonchev–Trinajstić information content (AvgIpc) is 2.69. The molecule has 0 aliphatic carbocycles. The van der Waals surface area contributed by atoms with E-state index in [1.54, 1.807) is 10.6 Å². The van der Waals surface area contributed by atoms with Gasteiger partial charge in [0.05, 0.1) is 16.1 Å². The fraction of sp³-hybridized carbons (Fsp3) is 0.222. The van der Waals surface area contributed by atoms with Crippen molar-refractivity contribution < 1.29 is 44.3 Å². The van der Waals surface area contributed by atoms with E-state index in [-0.39, 0.29) is 11.3 Å². The second-order valence-electron chi connectivity index (χ2n) is 6.27. The molecule has 0 aromatic heterocycles. The zero-order chi connectivity index (χ0) is 24.2.